The van der Waals surface area contributed by atoms with Gasteiger partial charge < -0.3 is 14.8 Å². The van der Waals surface area contributed by atoms with Crippen LogP contribution in [0.4, 0.5) is 5.69 Å². The highest BCUT2D eigenvalue weighted by molar-refractivity contribution is 9.10. The summed E-state index contributed by atoms with van der Waals surface area (Å²) in [5.41, 5.74) is 3.37. The molecule has 0 radical (unpaired) electrons. The maximum Gasteiger partial charge on any atom is 0.255 e. The van der Waals surface area contributed by atoms with Crippen LogP contribution in [-0.2, 0) is 0 Å². The van der Waals surface area contributed by atoms with Gasteiger partial charge in [0, 0.05) is 11.3 Å². The van der Waals surface area contributed by atoms with Gasteiger partial charge in [0.15, 0.2) is 11.5 Å². The van der Waals surface area contributed by atoms with Gasteiger partial charge in [-0.2, -0.15) is 0 Å². The fraction of sp³-hybridized carbons (Fsp3) is 0.235. The van der Waals surface area contributed by atoms with E-state index in [2.05, 4.69) is 21.2 Å². The number of hydrogen-bond donors (Lipinski definition) is 1. The second-order valence-corrected chi connectivity index (χ2v) is 5.77. The minimum Gasteiger partial charge on any atom is -0.493 e. The average Bonchev–Trinajstić information content (AvgIpc) is 2.49. The summed E-state index contributed by atoms with van der Waals surface area (Å²) >= 11 is 3.40. The first-order chi connectivity index (χ1) is 10.5. The number of nitrogens with one attached hydrogen (secondary N) is 1. The number of aryl methyl sites for hydroxylation is 2. The molecule has 0 fully saturated rings. The minimum atomic E-state index is -0.195. The Morgan fingerprint density at radius 1 is 1.09 bits per heavy atom. The van der Waals surface area contributed by atoms with Crippen molar-refractivity contribution >= 4 is 27.5 Å². The number of anilines is 1. The number of carbonyl (C=O) groups is 1. The Balaban J connectivity index is 2.36. The van der Waals surface area contributed by atoms with Crippen molar-refractivity contribution in [3.63, 3.8) is 0 Å². The summed E-state index contributed by atoms with van der Waals surface area (Å²) in [6.07, 6.45) is 0. The van der Waals surface area contributed by atoms with Crippen LogP contribution in [0.25, 0.3) is 0 Å². The van der Waals surface area contributed by atoms with Crippen LogP contribution in [0.1, 0.15) is 21.5 Å². The van der Waals surface area contributed by atoms with Gasteiger partial charge in [-0.3, -0.25) is 4.79 Å². The monoisotopic (exact) mass is 363 g/mol. The molecular weight excluding hydrogens is 346 g/mol. The number of halogens is 1. The highest BCUT2D eigenvalue weighted by Gasteiger charge is 2.16. The number of amides is 1. The number of ether oxygens (including phenoxy) is 2. The molecule has 2 aromatic carbocycles. The molecule has 116 valence electrons. The highest BCUT2D eigenvalue weighted by atomic mass is 79.9. The normalized spacial score (nSPS) is 10.2. The Labute approximate surface area is 138 Å². The van der Waals surface area contributed by atoms with E-state index in [0.29, 0.717) is 21.5 Å². The van der Waals surface area contributed by atoms with E-state index in [1.54, 1.807) is 19.2 Å². The fourth-order valence-electron chi connectivity index (χ4n) is 2.25. The van der Waals surface area contributed by atoms with E-state index in [9.17, 15) is 4.79 Å². The van der Waals surface area contributed by atoms with Crippen molar-refractivity contribution in [1.82, 2.24) is 0 Å². The van der Waals surface area contributed by atoms with Crippen LogP contribution >= 0.6 is 15.9 Å². The van der Waals surface area contributed by atoms with E-state index in [-0.39, 0.29) is 5.91 Å². The lowest BCUT2D eigenvalue weighted by Gasteiger charge is -2.14. The van der Waals surface area contributed by atoms with Crippen molar-refractivity contribution in [2.24, 2.45) is 0 Å². The number of benzene rings is 2. The summed E-state index contributed by atoms with van der Waals surface area (Å²) in [7, 11) is 3.09. The standard InChI is InChI=1S/C17H18BrNO3/c1-10-6-5-7-11(2)15(10)19-17(20)12-8-13(18)16(22-4)14(9-12)21-3/h5-9H,1-4H3,(H,19,20). The van der Waals surface area contributed by atoms with Crippen molar-refractivity contribution < 1.29 is 14.3 Å². The maximum absolute atomic E-state index is 12.5. The molecule has 4 nitrogen and oxygen atoms in total. The number of carbonyl (C=O) groups excluding carboxylic acids is 1. The molecule has 2 aromatic rings. The molecule has 0 bridgehead atoms. The van der Waals surface area contributed by atoms with Gasteiger partial charge >= 0.3 is 0 Å². The van der Waals surface area contributed by atoms with Crippen molar-refractivity contribution in [1.29, 1.82) is 0 Å². The lowest BCUT2D eigenvalue weighted by atomic mass is 10.1. The molecule has 0 aliphatic heterocycles. The third-order valence-corrected chi connectivity index (χ3v) is 4.00. The predicted molar refractivity (Wildman–Crippen MR) is 91.1 cm³/mol. The lowest BCUT2D eigenvalue weighted by Crippen LogP contribution is -2.14. The van der Waals surface area contributed by atoms with Crippen molar-refractivity contribution in [2.75, 3.05) is 19.5 Å². The molecule has 0 atom stereocenters. The fourth-order valence-corrected chi connectivity index (χ4v) is 2.85. The predicted octanol–water partition coefficient (Wildman–Crippen LogP) is 4.34. The summed E-state index contributed by atoms with van der Waals surface area (Å²) < 4.78 is 11.2. The highest BCUT2D eigenvalue weighted by Crippen LogP contribution is 2.36. The van der Waals surface area contributed by atoms with Gasteiger partial charge in [-0.05, 0) is 53.0 Å². The van der Waals surface area contributed by atoms with Gasteiger partial charge in [0.05, 0.1) is 18.7 Å². The number of para-hydroxylation sites is 1. The molecule has 5 heteroatoms. The second-order valence-electron chi connectivity index (χ2n) is 4.91. The molecule has 0 saturated carbocycles. The van der Waals surface area contributed by atoms with E-state index in [4.69, 9.17) is 9.47 Å². The van der Waals surface area contributed by atoms with Gasteiger partial charge in [-0.15, -0.1) is 0 Å². The Kier molecular flexibility index (Phi) is 5.08. The molecule has 22 heavy (non-hydrogen) atoms. The Morgan fingerprint density at radius 3 is 2.27 bits per heavy atom. The summed E-state index contributed by atoms with van der Waals surface area (Å²) in [5, 5.41) is 2.95. The summed E-state index contributed by atoms with van der Waals surface area (Å²) in [4.78, 5) is 12.5. The first-order valence-electron chi connectivity index (χ1n) is 6.77. The molecule has 0 aliphatic rings. The van der Waals surface area contributed by atoms with Gasteiger partial charge in [-0.25, -0.2) is 0 Å². The first-order valence-corrected chi connectivity index (χ1v) is 7.56. The number of rotatable bonds is 4. The zero-order valence-electron chi connectivity index (χ0n) is 13.0. The van der Waals surface area contributed by atoms with Gasteiger partial charge in [0.25, 0.3) is 5.91 Å². The molecular formula is C17H18BrNO3. The van der Waals surface area contributed by atoms with E-state index >= 15 is 0 Å². The topological polar surface area (TPSA) is 47.6 Å². The second kappa shape index (κ2) is 6.83. The summed E-state index contributed by atoms with van der Waals surface area (Å²) in [6.45, 7) is 3.93. The van der Waals surface area contributed by atoms with Crippen molar-refractivity contribution in [3.05, 3.63) is 51.5 Å². The van der Waals surface area contributed by atoms with Crippen LogP contribution in [-0.4, -0.2) is 20.1 Å². The van der Waals surface area contributed by atoms with Crippen LogP contribution in [0.15, 0.2) is 34.8 Å². The van der Waals surface area contributed by atoms with E-state index < -0.39 is 0 Å². The van der Waals surface area contributed by atoms with E-state index in [0.717, 1.165) is 16.8 Å². The van der Waals surface area contributed by atoms with Crippen molar-refractivity contribution in [2.45, 2.75) is 13.8 Å². The third-order valence-electron chi connectivity index (χ3n) is 3.42. The lowest BCUT2D eigenvalue weighted by molar-refractivity contribution is 0.102. The Bertz CT molecular complexity index is 693. The smallest absolute Gasteiger partial charge is 0.255 e. The zero-order chi connectivity index (χ0) is 16.3. The maximum atomic E-state index is 12.5. The molecule has 1 amide bonds. The quantitative estimate of drug-likeness (QED) is 0.878. The number of methoxy groups -OCH3 is 2. The zero-order valence-corrected chi connectivity index (χ0v) is 14.6. The Hall–Kier alpha value is -2.01. The molecule has 0 spiro atoms. The third kappa shape index (κ3) is 3.25. The van der Waals surface area contributed by atoms with Gasteiger partial charge in [0.1, 0.15) is 0 Å². The average molecular weight is 364 g/mol. The summed E-state index contributed by atoms with van der Waals surface area (Å²) in [6, 6.07) is 9.27. The van der Waals surface area contributed by atoms with Crippen LogP contribution in [0.3, 0.4) is 0 Å². The van der Waals surface area contributed by atoms with Gasteiger partial charge in [0.2, 0.25) is 0 Å². The van der Waals surface area contributed by atoms with Crippen LogP contribution in [0.5, 0.6) is 11.5 Å². The largest absolute Gasteiger partial charge is 0.493 e. The van der Waals surface area contributed by atoms with Crippen LogP contribution in [0, 0.1) is 13.8 Å². The molecule has 0 unspecified atom stereocenters. The Morgan fingerprint density at radius 2 is 1.73 bits per heavy atom. The molecule has 1 N–H and O–H groups in total. The first kappa shape index (κ1) is 16.4. The molecule has 0 saturated heterocycles. The minimum absolute atomic E-state index is 0.195. The SMILES string of the molecule is COc1cc(C(=O)Nc2c(C)cccc2C)cc(Br)c1OC. The molecule has 0 aliphatic carbocycles. The molecule has 0 heterocycles. The van der Waals surface area contributed by atoms with E-state index in [1.165, 1.54) is 7.11 Å². The van der Waals surface area contributed by atoms with Crippen molar-refractivity contribution in [3.8, 4) is 11.5 Å². The summed E-state index contributed by atoms with van der Waals surface area (Å²) in [5.74, 6) is 0.869. The van der Waals surface area contributed by atoms with Crippen LogP contribution < -0.4 is 14.8 Å². The molecule has 0 aromatic heterocycles. The molecule has 2 rings (SSSR count). The van der Waals surface area contributed by atoms with Gasteiger partial charge in [-0.1, -0.05) is 18.2 Å². The van der Waals surface area contributed by atoms with Crippen LogP contribution in [0.2, 0.25) is 0 Å². The van der Waals surface area contributed by atoms with E-state index in [1.807, 2.05) is 32.0 Å². The number of hydrogen-bond acceptors (Lipinski definition) is 3.